The van der Waals surface area contributed by atoms with Crippen molar-refractivity contribution in [2.45, 2.75) is 19.8 Å². The molecule has 0 bridgehead atoms. The van der Waals surface area contributed by atoms with E-state index in [-0.39, 0.29) is 0 Å². The van der Waals surface area contributed by atoms with Crippen molar-refractivity contribution in [3.8, 4) is 0 Å². The maximum atomic E-state index is 4.27. The molecular weight excluding hydrogens is 270 g/mol. The molecule has 1 aromatic carbocycles. The summed E-state index contributed by atoms with van der Waals surface area (Å²) < 4.78 is 1.90. The molecule has 22 heavy (non-hydrogen) atoms. The van der Waals surface area contributed by atoms with Gasteiger partial charge in [-0.15, -0.1) is 0 Å². The van der Waals surface area contributed by atoms with Crippen LogP contribution in [0.5, 0.6) is 0 Å². The van der Waals surface area contributed by atoms with Gasteiger partial charge in [0.05, 0.1) is 6.20 Å². The van der Waals surface area contributed by atoms with E-state index in [0.29, 0.717) is 0 Å². The molecule has 3 rings (SSSR count). The summed E-state index contributed by atoms with van der Waals surface area (Å²) in [5.74, 6) is 0.772. The van der Waals surface area contributed by atoms with Crippen molar-refractivity contribution in [2.75, 3.05) is 19.6 Å². The van der Waals surface area contributed by atoms with Gasteiger partial charge in [-0.1, -0.05) is 42.0 Å². The predicted molar refractivity (Wildman–Crippen MR) is 91.6 cm³/mol. The van der Waals surface area contributed by atoms with E-state index in [4.69, 9.17) is 0 Å². The van der Waals surface area contributed by atoms with Gasteiger partial charge in [0.15, 0.2) is 0 Å². The Balaban J connectivity index is 1.51. The molecule has 116 valence electrons. The van der Waals surface area contributed by atoms with Crippen LogP contribution >= 0.6 is 0 Å². The first kappa shape index (κ1) is 15.0. The lowest BCUT2D eigenvalue weighted by atomic mass is 10.0. The SMILES string of the molecule is C/C(=C\c1ccccc1)CN1CCC(Cc2cnn(C)c2)C1. The molecule has 1 fully saturated rings. The molecule has 2 aromatic rings. The Bertz CT molecular complexity index is 627. The third-order valence-electron chi connectivity index (χ3n) is 4.34. The molecule has 0 radical (unpaired) electrons. The first-order valence-electron chi connectivity index (χ1n) is 8.11. The van der Waals surface area contributed by atoms with E-state index >= 15 is 0 Å². The smallest absolute Gasteiger partial charge is 0.0521 e. The minimum atomic E-state index is 0.772. The number of aryl methyl sites for hydroxylation is 1. The molecule has 0 spiro atoms. The molecule has 1 aromatic heterocycles. The highest BCUT2D eigenvalue weighted by molar-refractivity contribution is 5.52. The second-order valence-electron chi connectivity index (χ2n) is 6.52. The van der Waals surface area contributed by atoms with E-state index in [1.165, 1.54) is 36.2 Å². The molecule has 1 unspecified atom stereocenters. The van der Waals surface area contributed by atoms with Crippen molar-refractivity contribution in [1.82, 2.24) is 14.7 Å². The van der Waals surface area contributed by atoms with E-state index in [1.54, 1.807) is 0 Å². The first-order chi connectivity index (χ1) is 10.7. The molecule has 1 aliphatic heterocycles. The van der Waals surface area contributed by atoms with Gasteiger partial charge in [0.1, 0.15) is 0 Å². The van der Waals surface area contributed by atoms with Crippen LogP contribution < -0.4 is 0 Å². The number of aromatic nitrogens is 2. The van der Waals surface area contributed by atoms with E-state index in [0.717, 1.165) is 18.9 Å². The zero-order valence-corrected chi connectivity index (χ0v) is 13.6. The number of nitrogens with zero attached hydrogens (tertiary/aromatic N) is 3. The first-order valence-corrected chi connectivity index (χ1v) is 8.11. The fourth-order valence-corrected chi connectivity index (χ4v) is 3.37. The van der Waals surface area contributed by atoms with Crippen LogP contribution in [-0.4, -0.2) is 34.3 Å². The number of rotatable bonds is 5. The van der Waals surface area contributed by atoms with Crippen LogP contribution in [0.25, 0.3) is 6.08 Å². The van der Waals surface area contributed by atoms with Crippen LogP contribution in [0.4, 0.5) is 0 Å². The van der Waals surface area contributed by atoms with Gasteiger partial charge in [0, 0.05) is 26.3 Å². The van der Waals surface area contributed by atoms with Crippen LogP contribution in [-0.2, 0) is 13.5 Å². The highest BCUT2D eigenvalue weighted by Gasteiger charge is 2.22. The number of hydrogen-bond donors (Lipinski definition) is 0. The molecule has 0 aliphatic carbocycles. The molecule has 3 nitrogen and oxygen atoms in total. The van der Waals surface area contributed by atoms with Gasteiger partial charge in [-0.05, 0) is 43.4 Å². The number of likely N-dealkylation sites (tertiary alicyclic amines) is 1. The van der Waals surface area contributed by atoms with E-state index in [9.17, 15) is 0 Å². The summed E-state index contributed by atoms with van der Waals surface area (Å²) in [7, 11) is 1.99. The molecule has 0 N–H and O–H groups in total. The monoisotopic (exact) mass is 295 g/mol. The Kier molecular flexibility index (Phi) is 4.74. The molecule has 1 saturated heterocycles. The number of hydrogen-bond acceptors (Lipinski definition) is 2. The molecule has 3 heteroatoms. The fraction of sp³-hybridized carbons (Fsp3) is 0.421. The van der Waals surface area contributed by atoms with Gasteiger partial charge in [-0.25, -0.2) is 0 Å². The molecule has 0 amide bonds. The Morgan fingerprint density at radius 3 is 2.86 bits per heavy atom. The summed E-state index contributed by atoms with van der Waals surface area (Å²) in [5, 5.41) is 4.27. The summed E-state index contributed by atoms with van der Waals surface area (Å²) in [6.07, 6.45) is 8.90. The van der Waals surface area contributed by atoms with Gasteiger partial charge < -0.3 is 0 Å². The summed E-state index contributed by atoms with van der Waals surface area (Å²) >= 11 is 0. The lowest BCUT2D eigenvalue weighted by Gasteiger charge is -2.16. The van der Waals surface area contributed by atoms with Crippen molar-refractivity contribution in [1.29, 1.82) is 0 Å². The summed E-state index contributed by atoms with van der Waals surface area (Å²) in [6, 6.07) is 10.6. The van der Waals surface area contributed by atoms with Crippen molar-refractivity contribution in [3.05, 3.63) is 59.4 Å². The molecular formula is C19H25N3. The molecule has 0 saturated carbocycles. The maximum absolute atomic E-state index is 4.27. The van der Waals surface area contributed by atoms with Crippen LogP contribution in [0.2, 0.25) is 0 Å². The van der Waals surface area contributed by atoms with Gasteiger partial charge in [0.2, 0.25) is 0 Å². The lowest BCUT2D eigenvalue weighted by Crippen LogP contribution is -2.23. The summed E-state index contributed by atoms with van der Waals surface area (Å²) in [5.41, 5.74) is 4.10. The minimum absolute atomic E-state index is 0.772. The zero-order valence-electron chi connectivity index (χ0n) is 13.6. The Labute approximate surface area is 133 Å². The highest BCUT2D eigenvalue weighted by atomic mass is 15.2. The second-order valence-corrected chi connectivity index (χ2v) is 6.52. The van der Waals surface area contributed by atoms with Crippen LogP contribution in [0.15, 0.2) is 48.3 Å². The fourth-order valence-electron chi connectivity index (χ4n) is 3.37. The zero-order chi connectivity index (χ0) is 15.4. The van der Waals surface area contributed by atoms with Crippen molar-refractivity contribution in [3.63, 3.8) is 0 Å². The second kappa shape index (κ2) is 6.93. The maximum Gasteiger partial charge on any atom is 0.0521 e. The Morgan fingerprint density at radius 1 is 1.32 bits per heavy atom. The quantitative estimate of drug-likeness (QED) is 0.843. The third kappa shape index (κ3) is 4.08. The predicted octanol–water partition coefficient (Wildman–Crippen LogP) is 3.39. The van der Waals surface area contributed by atoms with E-state index in [2.05, 4.69) is 59.5 Å². The molecule has 1 aliphatic rings. The average molecular weight is 295 g/mol. The molecule has 1 atom stereocenters. The van der Waals surface area contributed by atoms with E-state index < -0.39 is 0 Å². The van der Waals surface area contributed by atoms with E-state index in [1.807, 2.05) is 17.9 Å². The topological polar surface area (TPSA) is 21.1 Å². The van der Waals surface area contributed by atoms with Crippen molar-refractivity contribution < 1.29 is 0 Å². The van der Waals surface area contributed by atoms with Crippen molar-refractivity contribution in [2.24, 2.45) is 13.0 Å². The van der Waals surface area contributed by atoms with Crippen LogP contribution in [0, 0.1) is 5.92 Å². The third-order valence-corrected chi connectivity index (χ3v) is 4.34. The van der Waals surface area contributed by atoms with Gasteiger partial charge in [-0.3, -0.25) is 9.58 Å². The summed E-state index contributed by atoms with van der Waals surface area (Å²) in [6.45, 7) is 5.74. The summed E-state index contributed by atoms with van der Waals surface area (Å²) in [4.78, 5) is 2.58. The van der Waals surface area contributed by atoms with Gasteiger partial charge in [0.25, 0.3) is 0 Å². The van der Waals surface area contributed by atoms with Crippen molar-refractivity contribution >= 4 is 6.08 Å². The van der Waals surface area contributed by atoms with Crippen LogP contribution in [0.1, 0.15) is 24.5 Å². The van der Waals surface area contributed by atoms with Gasteiger partial charge >= 0.3 is 0 Å². The lowest BCUT2D eigenvalue weighted by molar-refractivity contribution is 0.351. The standard InChI is InChI=1S/C19H25N3/c1-16(10-17-6-4-3-5-7-17)13-22-9-8-18(15-22)11-19-12-20-21(2)14-19/h3-7,10,12,14,18H,8-9,11,13,15H2,1-2H3/b16-10+. The highest BCUT2D eigenvalue weighted by Crippen LogP contribution is 2.21. The normalized spacial score (nSPS) is 19.7. The Morgan fingerprint density at radius 2 is 2.14 bits per heavy atom. The largest absolute Gasteiger partial charge is 0.299 e. The molecule has 2 heterocycles. The van der Waals surface area contributed by atoms with Crippen LogP contribution in [0.3, 0.4) is 0 Å². The Hall–Kier alpha value is -1.87. The van der Waals surface area contributed by atoms with Gasteiger partial charge in [-0.2, -0.15) is 5.10 Å². The number of benzene rings is 1. The average Bonchev–Trinajstić information content (AvgIpc) is 3.09. The minimum Gasteiger partial charge on any atom is -0.299 e.